The van der Waals surface area contributed by atoms with E-state index in [2.05, 4.69) is 5.32 Å². The Balaban J connectivity index is 2.04. The molecule has 0 spiro atoms. The van der Waals surface area contributed by atoms with Crippen molar-refractivity contribution in [1.29, 1.82) is 0 Å². The van der Waals surface area contributed by atoms with E-state index < -0.39 is 34.3 Å². The van der Waals surface area contributed by atoms with E-state index in [0.29, 0.717) is 23.6 Å². The largest absolute Gasteiger partial charge is 0.354 e. The van der Waals surface area contributed by atoms with Crippen LogP contribution in [-0.4, -0.2) is 50.5 Å². The van der Waals surface area contributed by atoms with Gasteiger partial charge in [0.05, 0.1) is 11.9 Å². The standard InChI is InChI=1S/C29H33ClFN3O4S/c1-4-16-32-29(36)27(17-22-8-6-5-7-9-22)33(19-23-11-13-24(31)14-12-23)28(35)20-34(39(3,37)38)25-15-10-21(2)26(30)18-25/h5-15,18,27H,4,16-17,19-20H2,1-3H3,(H,32,36)/t27-/m1/s1. The Morgan fingerprint density at radius 3 is 2.26 bits per heavy atom. The first-order valence-corrected chi connectivity index (χ1v) is 14.8. The summed E-state index contributed by atoms with van der Waals surface area (Å²) in [6, 6.07) is 18.7. The van der Waals surface area contributed by atoms with Crippen LogP contribution in [0.1, 0.15) is 30.0 Å². The summed E-state index contributed by atoms with van der Waals surface area (Å²) in [5, 5.41) is 3.23. The molecular weight excluding hydrogens is 541 g/mol. The lowest BCUT2D eigenvalue weighted by Gasteiger charge is -2.33. The Morgan fingerprint density at radius 2 is 1.67 bits per heavy atom. The maximum absolute atomic E-state index is 13.9. The van der Waals surface area contributed by atoms with Gasteiger partial charge in [-0.05, 0) is 54.3 Å². The summed E-state index contributed by atoms with van der Waals surface area (Å²) in [4.78, 5) is 28.7. The molecule has 0 aromatic heterocycles. The molecule has 0 fully saturated rings. The van der Waals surface area contributed by atoms with Crippen LogP contribution < -0.4 is 9.62 Å². The Labute approximate surface area is 234 Å². The van der Waals surface area contributed by atoms with E-state index in [1.165, 1.54) is 35.2 Å². The van der Waals surface area contributed by atoms with Crippen molar-refractivity contribution in [2.45, 2.75) is 39.3 Å². The highest BCUT2D eigenvalue weighted by Crippen LogP contribution is 2.25. The number of halogens is 2. The topological polar surface area (TPSA) is 86.8 Å². The average molecular weight is 574 g/mol. The SMILES string of the molecule is CCCNC(=O)[C@@H](Cc1ccccc1)N(Cc1ccc(F)cc1)C(=O)CN(c1ccc(C)c(Cl)c1)S(C)(=O)=O. The Hall–Kier alpha value is -3.43. The summed E-state index contributed by atoms with van der Waals surface area (Å²) in [6.45, 7) is 3.55. The molecule has 3 aromatic carbocycles. The fourth-order valence-electron chi connectivity index (χ4n) is 4.06. The van der Waals surface area contributed by atoms with Crippen molar-refractivity contribution in [1.82, 2.24) is 10.2 Å². The molecule has 0 aliphatic rings. The third kappa shape index (κ3) is 8.53. The Morgan fingerprint density at radius 1 is 1.00 bits per heavy atom. The number of nitrogens with zero attached hydrogens (tertiary/aromatic N) is 2. The minimum Gasteiger partial charge on any atom is -0.354 e. The summed E-state index contributed by atoms with van der Waals surface area (Å²) in [7, 11) is -3.90. The zero-order chi connectivity index (χ0) is 28.6. The van der Waals surface area contributed by atoms with Crippen LogP contribution >= 0.6 is 11.6 Å². The molecular formula is C29H33ClFN3O4S. The van der Waals surface area contributed by atoms with Crippen molar-refractivity contribution in [2.75, 3.05) is 23.7 Å². The first kappa shape index (κ1) is 30.1. The van der Waals surface area contributed by atoms with Gasteiger partial charge in [-0.25, -0.2) is 12.8 Å². The van der Waals surface area contributed by atoms with E-state index in [-0.39, 0.29) is 24.6 Å². The van der Waals surface area contributed by atoms with Gasteiger partial charge in [-0.2, -0.15) is 0 Å². The number of hydrogen-bond donors (Lipinski definition) is 1. The van der Waals surface area contributed by atoms with E-state index in [0.717, 1.165) is 21.7 Å². The second-order valence-corrected chi connectivity index (χ2v) is 11.7. The number of sulfonamides is 1. The fourth-order valence-corrected chi connectivity index (χ4v) is 5.07. The number of hydrogen-bond acceptors (Lipinski definition) is 4. The minimum atomic E-state index is -3.90. The van der Waals surface area contributed by atoms with Gasteiger partial charge < -0.3 is 10.2 Å². The fraction of sp³-hybridized carbons (Fsp3) is 0.310. The van der Waals surface area contributed by atoms with Gasteiger partial charge in [-0.3, -0.25) is 13.9 Å². The number of anilines is 1. The molecule has 3 rings (SSSR count). The average Bonchev–Trinajstić information content (AvgIpc) is 2.90. The molecule has 208 valence electrons. The van der Waals surface area contributed by atoms with Gasteiger partial charge in [0.15, 0.2) is 0 Å². The van der Waals surface area contributed by atoms with Crippen LogP contribution in [0, 0.1) is 12.7 Å². The van der Waals surface area contributed by atoms with Crippen LogP contribution in [0.5, 0.6) is 0 Å². The second kappa shape index (κ2) is 13.6. The van der Waals surface area contributed by atoms with Crippen molar-refractivity contribution in [3.8, 4) is 0 Å². The van der Waals surface area contributed by atoms with E-state index >= 15 is 0 Å². The molecule has 3 aromatic rings. The summed E-state index contributed by atoms with van der Waals surface area (Å²) < 4.78 is 40.2. The summed E-state index contributed by atoms with van der Waals surface area (Å²) in [5.74, 6) is -1.38. The van der Waals surface area contributed by atoms with Crippen LogP contribution in [0.4, 0.5) is 10.1 Å². The molecule has 0 aliphatic heterocycles. The maximum Gasteiger partial charge on any atom is 0.244 e. The number of aryl methyl sites for hydroxylation is 1. The maximum atomic E-state index is 13.9. The molecule has 7 nitrogen and oxygen atoms in total. The number of carbonyl (C=O) groups is 2. The molecule has 0 saturated carbocycles. The Bertz CT molecular complexity index is 1390. The number of amides is 2. The number of carbonyl (C=O) groups excluding carboxylic acids is 2. The lowest BCUT2D eigenvalue weighted by molar-refractivity contribution is -0.140. The van der Waals surface area contributed by atoms with Crippen LogP contribution in [-0.2, 0) is 32.6 Å². The van der Waals surface area contributed by atoms with Crippen molar-refractivity contribution < 1.29 is 22.4 Å². The summed E-state index contributed by atoms with van der Waals surface area (Å²) >= 11 is 6.26. The van der Waals surface area contributed by atoms with E-state index in [1.807, 2.05) is 37.3 Å². The molecule has 0 radical (unpaired) electrons. The van der Waals surface area contributed by atoms with Crippen LogP contribution in [0.3, 0.4) is 0 Å². The molecule has 1 atom stereocenters. The first-order chi connectivity index (χ1) is 18.5. The predicted molar refractivity (Wildman–Crippen MR) is 153 cm³/mol. The quantitative estimate of drug-likeness (QED) is 0.340. The van der Waals surface area contributed by atoms with Gasteiger partial charge in [0.25, 0.3) is 0 Å². The van der Waals surface area contributed by atoms with Gasteiger partial charge >= 0.3 is 0 Å². The number of benzene rings is 3. The lowest BCUT2D eigenvalue weighted by atomic mass is 10.0. The van der Waals surface area contributed by atoms with Crippen LogP contribution in [0.25, 0.3) is 0 Å². The third-order valence-corrected chi connectivity index (χ3v) is 7.76. The van der Waals surface area contributed by atoms with Crippen molar-refractivity contribution in [2.24, 2.45) is 0 Å². The van der Waals surface area contributed by atoms with Crippen molar-refractivity contribution in [3.05, 3.63) is 100 Å². The normalized spacial score (nSPS) is 12.0. The molecule has 1 N–H and O–H groups in total. The lowest BCUT2D eigenvalue weighted by Crippen LogP contribution is -2.53. The number of rotatable bonds is 12. The van der Waals surface area contributed by atoms with E-state index in [1.54, 1.807) is 19.1 Å². The molecule has 0 heterocycles. The van der Waals surface area contributed by atoms with E-state index in [4.69, 9.17) is 11.6 Å². The minimum absolute atomic E-state index is 0.0254. The smallest absolute Gasteiger partial charge is 0.244 e. The van der Waals surface area contributed by atoms with Gasteiger partial charge in [0, 0.05) is 24.5 Å². The van der Waals surface area contributed by atoms with Gasteiger partial charge in [-0.15, -0.1) is 0 Å². The zero-order valence-electron chi connectivity index (χ0n) is 22.2. The van der Waals surface area contributed by atoms with Gasteiger partial charge in [-0.1, -0.05) is 67.1 Å². The number of nitrogens with one attached hydrogen (secondary N) is 1. The van der Waals surface area contributed by atoms with Crippen molar-refractivity contribution >= 4 is 39.1 Å². The first-order valence-electron chi connectivity index (χ1n) is 12.6. The molecule has 10 heteroatoms. The molecule has 2 amide bonds. The van der Waals surface area contributed by atoms with Crippen LogP contribution in [0.15, 0.2) is 72.8 Å². The van der Waals surface area contributed by atoms with E-state index in [9.17, 15) is 22.4 Å². The van der Waals surface area contributed by atoms with Gasteiger partial charge in [0.2, 0.25) is 21.8 Å². The monoisotopic (exact) mass is 573 g/mol. The highest BCUT2D eigenvalue weighted by atomic mass is 35.5. The zero-order valence-corrected chi connectivity index (χ0v) is 23.8. The predicted octanol–water partition coefficient (Wildman–Crippen LogP) is 4.72. The highest BCUT2D eigenvalue weighted by molar-refractivity contribution is 7.92. The molecule has 0 aliphatic carbocycles. The summed E-state index contributed by atoms with van der Waals surface area (Å²) in [6.07, 6.45) is 1.91. The van der Waals surface area contributed by atoms with Crippen LogP contribution in [0.2, 0.25) is 5.02 Å². The second-order valence-electron chi connectivity index (χ2n) is 9.35. The van der Waals surface area contributed by atoms with Gasteiger partial charge in [0.1, 0.15) is 18.4 Å². The Kier molecular flexibility index (Phi) is 10.5. The summed E-state index contributed by atoms with van der Waals surface area (Å²) in [5.41, 5.74) is 2.42. The van der Waals surface area contributed by atoms with Crippen molar-refractivity contribution in [3.63, 3.8) is 0 Å². The third-order valence-electron chi connectivity index (χ3n) is 6.21. The molecule has 0 bridgehead atoms. The molecule has 39 heavy (non-hydrogen) atoms. The highest BCUT2D eigenvalue weighted by Gasteiger charge is 2.33. The molecule has 0 saturated heterocycles. The molecule has 0 unspecified atom stereocenters.